The van der Waals surface area contributed by atoms with Crippen LogP contribution in [-0.2, 0) is 19.1 Å². The summed E-state index contributed by atoms with van der Waals surface area (Å²) < 4.78 is 11.2. The first-order valence-electron chi connectivity index (χ1n) is 8.03. The largest absolute Gasteiger partial charge is 0.462 e. The van der Waals surface area contributed by atoms with Crippen molar-refractivity contribution in [2.75, 3.05) is 6.61 Å². The Bertz CT molecular complexity index is 519. The average molecular weight is 304 g/mol. The number of carbonyl (C=O) groups is 2. The minimum atomic E-state index is -0.374. The second kappa shape index (κ2) is 5.25. The zero-order valence-corrected chi connectivity index (χ0v) is 13.2. The van der Waals surface area contributed by atoms with Crippen LogP contribution >= 0.6 is 0 Å². The van der Waals surface area contributed by atoms with Crippen molar-refractivity contribution in [3.63, 3.8) is 0 Å². The predicted octanol–water partition coefficient (Wildman–Crippen LogP) is 3.17. The Labute approximate surface area is 131 Å². The lowest BCUT2D eigenvalue weighted by Gasteiger charge is -2.60. The Hall–Kier alpha value is -1.58. The SMILES string of the molecule is C=CC(=O)OCC12CC3CC(C1)CC(OC(=O)C(=C)C)(C3)C2. The molecule has 4 aliphatic rings. The van der Waals surface area contributed by atoms with Crippen molar-refractivity contribution in [3.8, 4) is 0 Å². The molecule has 4 nitrogen and oxygen atoms in total. The highest BCUT2D eigenvalue weighted by Gasteiger charge is 2.60. The highest BCUT2D eigenvalue weighted by Crippen LogP contribution is 2.62. The van der Waals surface area contributed by atoms with Gasteiger partial charge in [0.2, 0.25) is 0 Å². The van der Waals surface area contributed by atoms with Crippen LogP contribution in [0.25, 0.3) is 0 Å². The summed E-state index contributed by atoms with van der Waals surface area (Å²) in [5.41, 5.74) is 0.0432. The minimum Gasteiger partial charge on any atom is -0.462 e. The van der Waals surface area contributed by atoms with Gasteiger partial charge in [0.05, 0.1) is 6.61 Å². The Morgan fingerprint density at radius 2 is 1.86 bits per heavy atom. The molecule has 4 saturated carbocycles. The molecule has 0 radical (unpaired) electrons. The standard InChI is InChI=1S/C18H24O4/c1-4-15(19)21-11-17-6-13-5-14(7-17)9-18(8-13,10-17)22-16(20)12(2)3/h4,13-14H,1-2,5-11H2,3H3. The second-order valence-corrected chi connectivity index (χ2v) is 7.63. The second-order valence-electron chi connectivity index (χ2n) is 7.63. The fraction of sp³-hybridized carbons (Fsp3) is 0.667. The summed E-state index contributed by atoms with van der Waals surface area (Å²) in [6, 6.07) is 0. The highest BCUT2D eigenvalue weighted by atomic mass is 16.6. The molecule has 0 heterocycles. The van der Waals surface area contributed by atoms with Gasteiger partial charge in [-0.3, -0.25) is 0 Å². The van der Waals surface area contributed by atoms with E-state index in [1.807, 2.05) is 0 Å². The van der Waals surface area contributed by atoms with Crippen LogP contribution in [0.5, 0.6) is 0 Å². The van der Waals surface area contributed by atoms with Crippen LogP contribution in [0.2, 0.25) is 0 Å². The van der Waals surface area contributed by atoms with E-state index in [0.29, 0.717) is 24.0 Å². The van der Waals surface area contributed by atoms with Crippen molar-refractivity contribution in [3.05, 3.63) is 24.8 Å². The molecular weight excluding hydrogens is 280 g/mol. The molecule has 4 heteroatoms. The lowest BCUT2D eigenvalue weighted by Crippen LogP contribution is -2.58. The Kier molecular flexibility index (Phi) is 3.66. The Morgan fingerprint density at radius 3 is 2.41 bits per heavy atom. The number of hydrogen-bond donors (Lipinski definition) is 0. The molecule has 0 aromatic heterocycles. The fourth-order valence-electron chi connectivity index (χ4n) is 5.22. The summed E-state index contributed by atoms with van der Waals surface area (Å²) in [6.45, 7) is 9.23. The molecule has 2 unspecified atom stereocenters. The molecule has 0 N–H and O–H groups in total. The summed E-state index contributed by atoms with van der Waals surface area (Å²) in [7, 11) is 0. The van der Waals surface area contributed by atoms with E-state index in [2.05, 4.69) is 13.2 Å². The third-order valence-corrected chi connectivity index (χ3v) is 5.47. The highest BCUT2D eigenvalue weighted by molar-refractivity contribution is 5.87. The zero-order chi connectivity index (χ0) is 16.0. The van der Waals surface area contributed by atoms with Crippen LogP contribution in [-0.4, -0.2) is 24.1 Å². The maximum Gasteiger partial charge on any atom is 0.333 e. The number of ether oxygens (including phenoxy) is 2. The van der Waals surface area contributed by atoms with Gasteiger partial charge in [-0.2, -0.15) is 0 Å². The molecule has 0 amide bonds. The van der Waals surface area contributed by atoms with Gasteiger partial charge in [-0.15, -0.1) is 0 Å². The summed E-state index contributed by atoms with van der Waals surface area (Å²) in [5.74, 6) is 0.479. The van der Waals surface area contributed by atoms with Crippen molar-refractivity contribution in [1.29, 1.82) is 0 Å². The van der Waals surface area contributed by atoms with E-state index in [9.17, 15) is 9.59 Å². The molecule has 4 fully saturated rings. The maximum atomic E-state index is 12.0. The number of hydrogen-bond acceptors (Lipinski definition) is 4. The van der Waals surface area contributed by atoms with Crippen molar-refractivity contribution < 1.29 is 19.1 Å². The van der Waals surface area contributed by atoms with Gasteiger partial charge >= 0.3 is 11.9 Å². The van der Waals surface area contributed by atoms with Crippen LogP contribution in [0.1, 0.15) is 45.4 Å². The van der Waals surface area contributed by atoms with Gasteiger partial charge in [-0.25, -0.2) is 9.59 Å². The van der Waals surface area contributed by atoms with Gasteiger partial charge < -0.3 is 9.47 Å². The van der Waals surface area contributed by atoms with Crippen molar-refractivity contribution >= 4 is 11.9 Å². The molecule has 0 saturated heterocycles. The first-order valence-corrected chi connectivity index (χ1v) is 8.03. The quantitative estimate of drug-likeness (QED) is 0.578. The molecule has 4 bridgehead atoms. The topological polar surface area (TPSA) is 52.6 Å². The van der Waals surface area contributed by atoms with Gasteiger partial charge in [0, 0.05) is 17.1 Å². The molecule has 4 rings (SSSR count). The van der Waals surface area contributed by atoms with Crippen molar-refractivity contribution in [2.24, 2.45) is 17.3 Å². The predicted molar refractivity (Wildman–Crippen MR) is 81.9 cm³/mol. The summed E-state index contributed by atoms with van der Waals surface area (Å²) in [5, 5.41) is 0. The van der Waals surface area contributed by atoms with E-state index in [-0.39, 0.29) is 23.0 Å². The van der Waals surface area contributed by atoms with E-state index in [1.165, 1.54) is 12.5 Å². The van der Waals surface area contributed by atoms with Crippen LogP contribution in [0.4, 0.5) is 0 Å². The molecule has 2 atom stereocenters. The number of carbonyl (C=O) groups excluding carboxylic acids is 2. The lowest BCUT2D eigenvalue weighted by atomic mass is 9.48. The van der Waals surface area contributed by atoms with Gasteiger partial charge in [-0.1, -0.05) is 13.2 Å². The van der Waals surface area contributed by atoms with Crippen LogP contribution in [0, 0.1) is 17.3 Å². The molecule has 4 aliphatic carbocycles. The zero-order valence-electron chi connectivity index (χ0n) is 13.2. The first kappa shape index (κ1) is 15.3. The lowest BCUT2D eigenvalue weighted by molar-refractivity contribution is -0.207. The third-order valence-electron chi connectivity index (χ3n) is 5.47. The minimum absolute atomic E-state index is 0.0297. The molecule has 0 aromatic rings. The molecule has 0 spiro atoms. The average Bonchev–Trinajstić information content (AvgIpc) is 2.42. The van der Waals surface area contributed by atoms with Crippen molar-refractivity contribution in [1.82, 2.24) is 0 Å². The molecule has 22 heavy (non-hydrogen) atoms. The molecule has 120 valence electrons. The molecule has 0 aliphatic heterocycles. The molecular formula is C18H24O4. The Balaban J connectivity index is 1.77. The van der Waals surface area contributed by atoms with Gasteiger partial charge in [-0.05, 0) is 57.3 Å². The van der Waals surface area contributed by atoms with Gasteiger partial charge in [0.15, 0.2) is 0 Å². The summed E-state index contributed by atoms with van der Waals surface area (Å²) in [6.07, 6.45) is 7.25. The fourth-order valence-corrected chi connectivity index (χ4v) is 5.22. The van der Waals surface area contributed by atoms with Crippen molar-refractivity contribution in [2.45, 2.75) is 51.0 Å². The smallest absolute Gasteiger partial charge is 0.333 e. The number of rotatable bonds is 5. The third kappa shape index (κ3) is 2.71. The summed E-state index contributed by atoms with van der Waals surface area (Å²) in [4.78, 5) is 23.4. The Morgan fingerprint density at radius 1 is 1.23 bits per heavy atom. The van der Waals surface area contributed by atoms with E-state index < -0.39 is 0 Å². The number of esters is 2. The molecule has 0 aromatic carbocycles. The van der Waals surface area contributed by atoms with E-state index in [0.717, 1.165) is 32.1 Å². The first-order chi connectivity index (χ1) is 10.4. The van der Waals surface area contributed by atoms with Gasteiger partial charge in [0.25, 0.3) is 0 Å². The van der Waals surface area contributed by atoms with Crippen LogP contribution in [0.3, 0.4) is 0 Å². The van der Waals surface area contributed by atoms with Crippen LogP contribution in [0.15, 0.2) is 24.8 Å². The normalized spacial score (nSPS) is 38.4. The van der Waals surface area contributed by atoms with E-state index >= 15 is 0 Å². The van der Waals surface area contributed by atoms with E-state index in [1.54, 1.807) is 6.92 Å². The van der Waals surface area contributed by atoms with Crippen LogP contribution < -0.4 is 0 Å². The summed E-state index contributed by atoms with van der Waals surface area (Å²) >= 11 is 0. The maximum absolute atomic E-state index is 12.0. The monoisotopic (exact) mass is 304 g/mol. The van der Waals surface area contributed by atoms with Gasteiger partial charge in [0.1, 0.15) is 5.60 Å². The van der Waals surface area contributed by atoms with E-state index in [4.69, 9.17) is 9.47 Å².